The highest BCUT2D eigenvalue weighted by Gasteiger charge is 2.64. The third-order valence-corrected chi connectivity index (χ3v) is 8.24. The lowest BCUT2D eigenvalue weighted by Crippen LogP contribution is -2.59. The van der Waals surface area contributed by atoms with Crippen LogP contribution >= 0.6 is 0 Å². The normalized spacial score (nSPS) is 23.8. The van der Waals surface area contributed by atoms with E-state index < -0.39 is 11.4 Å². The minimum absolute atomic E-state index is 0.153. The van der Waals surface area contributed by atoms with Crippen LogP contribution in [0, 0.1) is 16.7 Å². The average Bonchev–Trinajstić information content (AvgIpc) is 2.98. The number of unbranched alkanes of at least 4 members (excludes halogenated alkanes) is 8. The van der Waals surface area contributed by atoms with Gasteiger partial charge in [0.1, 0.15) is 0 Å². The molecule has 5 nitrogen and oxygen atoms in total. The summed E-state index contributed by atoms with van der Waals surface area (Å²) < 4.78 is 5.46. The van der Waals surface area contributed by atoms with E-state index in [1.54, 1.807) is 24.3 Å². The van der Waals surface area contributed by atoms with Crippen molar-refractivity contribution in [3.8, 4) is 0 Å². The summed E-state index contributed by atoms with van der Waals surface area (Å²) in [4.78, 5) is 40.4. The fraction of sp³-hybridized carbons (Fsp3) is 0.679. The molecule has 1 saturated carbocycles. The first kappa shape index (κ1) is 25.5. The number of imide groups is 1. The molecule has 0 radical (unpaired) electrons. The van der Waals surface area contributed by atoms with Crippen molar-refractivity contribution in [1.29, 1.82) is 0 Å². The molecule has 1 heterocycles. The number of piperidine rings is 1. The molecule has 182 valence electrons. The van der Waals surface area contributed by atoms with Crippen LogP contribution in [-0.4, -0.2) is 24.4 Å². The van der Waals surface area contributed by atoms with E-state index in [1.165, 1.54) is 49.8 Å². The van der Waals surface area contributed by atoms with Gasteiger partial charge in [-0.15, -0.1) is 0 Å². The van der Waals surface area contributed by atoms with Crippen LogP contribution in [0.5, 0.6) is 0 Å². The maximum absolute atomic E-state index is 13.4. The predicted molar refractivity (Wildman–Crippen MR) is 131 cm³/mol. The van der Waals surface area contributed by atoms with E-state index in [2.05, 4.69) is 6.92 Å². The molecule has 2 atom stereocenters. The van der Waals surface area contributed by atoms with Gasteiger partial charge in [-0.3, -0.25) is 9.59 Å². The first-order chi connectivity index (χ1) is 15.7. The second-order valence-corrected chi connectivity index (χ2v) is 10.6. The zero-order chi connectivity index (χ0) is 24.1. The van der Waals surface area contributed by atoms with Gasteiger partial charge in [-0.1, -0.05) is 85.1 Å². The topological polar surface area (TPSA) is 63.7 Å². The number of fused-ring (bicyclic) bond motifs is 2. The van der Waals surface area contributed by atoms with Crippen LogP contribution in [0.2, 0.25) is 0 Å². The summed E-state index contributed by atoms with van der Waals surface area (Å²) in [5, 5.41) is 0. The van der Waals surface area contributed by atoms with Gasteiger partial charge in [0, 0.05) is 5.92 Å². The second-order valence-electron chi connectivity index (χ2n) is 10.6. The van der Waals surface area contributed by atoms with Crippen LogP contribution in [0.1, 0.15) is 109 Å². The molecule has 1 aliphatic carbocycles. The molecule has 0 spiro atoms. The number of carbonyl (C=O) groups excluding carboxylic acids is 3. The number of nitrogens with zero attached hydrogens (tertiary/aromatic N) is 1. The molecule has 0 aromatic heterocycles. The van der Waals surface area contributed by atoms with Gasteiger partial charge >= 0.3 is 5.97 Å². The van der Waals surface area contributed by atoms with E-state index in [9.17, 15) is 14.4 Å². The monoisotopic (exact) mass is 455 g/mol. The number of amides is 2. The predicted octanol–water partition coefficient (Wildman–Crippen LogP) is 6.69. The first-order valence-corrected chi connectivity index (χ1v) is 12.9. The number of rotatable bonds is 12. The third-order valence-electron chi connectivity index (χ3n) is 8.24. The Bertz CT molecular complexity index is 861. The minimum Gasteiger partial charge on any atom is -0.462 e. The van der Waals surface area contributed by atoms with Crippen LogP contribution in [-0.2, 0) is 14.3 Å². The first-order valence-electron chi connectivity index (χ1n) is 12.9. The zero-order valence-electron chi connectivity index (χ0n) is 21.0. The highest BCUT2D eigenvalue weighted by molar-refractivity contribution is 6.20. The summed E-state index contributed by atoms with van der Waals surface area (Å²) in [7, 11) is 0. The van der Waals surface area contributed by atoms with Crippen molar-refractivity contribution < 1.29 is 19.1 Å². The number of hydrogen-bond donors (Lipinski definition) is 0. The van der Waals surface area contributed by atoms with E-state index in [0.717, 1.165) is 19.3 Å². The fourth-order valence-electron chi connectivity index (χ4n) is 5.50. The lowest BCUT2D eigenvalue weighted by Gasteiger charge is -2.47. The van der Waals surface area contributed by atoms with Crippen molar-refractivity contribution in [3.63, 3.8) is 0 Å². The molecule has 3 rings (SSSR count). The number of hydrogen-bond acceptors (Lipinski definition) is 4. The molecule has 2 amide bonds. The van der Waals surface area contributed by atoms with Crippen molar-refractivity contribution in [2.45, 2.75) is 98.3 Å². The Labute approximate surface area is 199 Å². The summed E-state index contributed by atoms with van der Waals surface area (Å²) in [6.45, 7) is 8.65. The highest BCUT2D eigenvalue weighted by atomic mass is 16.5. The summed E-state index contributed by atoms with van der Waals surface area (Å²) in [6, 6.07) is 6.75. The quantitative estimate of drug-likeness (QED) is 0.200. The summed E-state index contributed by atoms with van der Waals surface area (Å²) in [6.07, 6.45) is 12.3. The van der Waals surface area contributed by atoms with Gasteiger partial charge in [0.2, 0.25) is 11.8 Å². The summed E-state index contributed by atoms with van der Waals surface area (Å²) in [5.74, 6) is -0.892. The Hall–Kier alpha value is -2.17. The van der Waals surface area contributed by atoms with Crippen molar-refractivity contribution >= 4 is 23.5 Å². The van der Waals surface area contributed by atoms with Gasteiger partial charge in [0.25, 0.3) is 0 Å². The molecule has 2 aliphatic rings. The van der Waals surface area contributed by atoms with Gasteiger partial charge in [-0.2, -0.15) is 0 Å². The van der Waals surface area contributed by atoms with Gasteiger partial charge in [0.15, 0.2) is 0 Å². The summed E-state index contributed by atoms with van der Waals surface area (Å²) >= 11 is 0. The standard InChI is InChI=1S/C28H41NO4/c1-5-6-7-8-9-10-11-12-13-19-33-25(31)21-15-14-16-22(20-21)29-24(30)23-17-18-28(4,26(29)32)27(23,2)3/h14-16,20,23H,5-13,17-19H2,1-4H3/t23-,28+/m1/s1. The Morgan fingerprint density at radius 2 is 1.64 bits per heavy atom. The van der Waals surface area contributed by atoms with Gasteiger partial charge in [-0.05, 0) is 42.9 Å². The molecule has 1 aromatic carbocycles. The van der Waals surface area contributed by atoms with E-state index in [1.807, 2.05) is 20.8 Å². The molecule has 1 aliphatic heterocycles. The van der Waals surface area contributed by atoms with Crippen LogP contribution in [0.4, 0.5) is 5.69 Å². The molecule has 0 N–H and O–H groups in total. The van der Waals surface area contributed by atoms with Crippen LogP contribution in [0.25, 0.3) is 0 Å². The smallest absolute Gasteiger partial charge is 0.338 e. The largest absolute Gasteiger partial charge is 0.462 e. The van der Waals surface area contributed by atoms with Crippen molar-refractivity contribution in [2.24, 2.45) is 16.7 Å². The Morgan fingerprint density at radius 3 is 2.30 bits per heavy atom. The second kappa shape index (κ2) is 10.8. The SMILES string of the molecule is CCCCCCCCCCCOC(=O)c1cccc(N2C(=O)[C@H]3CC[C@@](C)(C2=O)C3(C)C)c1. The van der Waals surface area contributed by atoms with Crippen molar-refractivity contribution in [3.05, 3.63) is 29.8 Å². The molecular weight excluding hydrogens is 414 g/mol. The lowest BCUT2D eigenvalue weighted by atomic mass is 9.62. The molecule has 0 unspecified atom stereocenters. The Kier molecular flexibility index (Phi) is 8.36. The van der Waals surface area contributed by atoms with Crippen LogP contribution < -0.4 is 4.90 Å². The van der Waals surface area contributed by atoms with Crippen molar-refractivity contribution in [1.82, 2.24) is 0 Å². The number of esters is 1. The van der Waals surface area contributed by atoms with E-state index in [4.69, 9.17) is 4.74 Å². The third kappa shape index (κ3) is 5.17. The molecule has 2 fully saturated rings. The number of anilines is 1. The maximum Gasteiger partial charge on any atom is 0.338 e. The lowest BCUT2D eigenvalue weighted by molar-refractivity contribution is -0.146. The van der Waals surface area contributed by atoms with Gasteiger partial charge in [-0.25, -0.2) is 9.69 Å². The van der Waals surface area contributed by atoms with Gasteiger partial charge in [0.05, 0.1) is 23.3 Å². The highest BCUT2D eigenvalue weighted by Crippen LogP contribution is 2.60. The molecule has 5 heteroatoms. The van der Waals surface area contributed by atoms with Gasteiger partial charge < -0.3 is 4.74 Å². The molecule has 33 heavy (non-hydrogen) atoms. The van der Waals surface area contributed by atoms with E-state index in [0.29, 0.717) is 24.3 Å². The number of ether oxygens (including phenoxy) is 1. The van der Waals surface area contributed by atoms with E-state index in [-0.39, 0.29) is 23.1 Å². The molecule has 1 saturated heterocycles. The zero-order valence-corrected chi connectivity index (χ0v) is 21.0. The Balaban J connectivity index is 1.51. The number of benzene rings is 1. The molecule has 1 aromatic rings. The Morgan fingerprint density at radius 1 is 1.00 bits per heavy atom. The fourth-order valence-corrected chi connectivity index (χ4v) is 5.50. The molecule has 2 bridgehead atoms. The van der Waals surface area contributed by atoms with Crippen molar-refractivity contribution in [2.75, 3.05) is 11.5 Å². The average molecular weight is 456 g/mol. The summed E-state index contributed by atoms with van der Waals surface area (Å²) in [5.41, 5.74) is -0.0792. The molecular formula is C28H41NO4. The number of carbonyl (C=O) groups is 3. The minimum atomic E-state index is -0.571. The maximum atomic E-state index is 13.4. The van der Waals surface area contributed by atoms with Crippen LogP contribution in [0.15, 0.2) is 24.3 Å². The van der Waals surface area contributed by atoms with E-state index >= 15 is 0 Å². The van der Waals surface area contributed by atoms with Crippen LogP contribution in [0.3, 0.4) is 0 Å².